The fourth-order valence-electron chi connectivity index (χ4n) is 8.71. The Labute approximate surface area is 381 Å². The topological polar surface area (TPSA) is 126 Å². The van der Waals surface area contributed by atoms with E-state index in [4.69, 9.17) is 14.5 Å². The van der Waals surface area contributed by atoms with Gasteiger partial charge >= 0.3 is 6.61 Å². The number of halogens is 2. The number of ether oxygens (including phenoxy) is 2. The Bertz CT molecular complexity index is 3010. The monoisotopic (exact) mass is 885 g/mol. The number of amides is 1. The number of nitrogens with one attached hydrogen (secondary N) is 1. The first-order valence-corrected chi connectivity index (χ1v) is 22.1. The van der Waals surface area contributed by atoms with Gasteiger partial charge in [0.05, 0.1) is 46.3 Å². The Balaban J connectivity index is 0.000000166. The van der Waals surface area contributed by atoms with Gasteiger partial charge in [0, 0.05) is 68.2 Å². The van der Waals surface area contributed by atoms with Crippen molar-refractivity contribution in [3.05, 3.63) is 162 Å². The summed E-state index contributed by atoms with van der Waals surface area (Å²) in [6.07, 6.45) is 3.38. The number of pyridine rings is 1. The number of aromatic nitrogens is 5. The molecule has 5 aromatic carbocycles. The molecule has 12 nitrogen and oxygen atoms in total. The van der Waals surface area contributed by atoms with Gasteiger partial charge in [0.1, 0.15) is 35.6 Å². The van der Waals surface area contributed by atoms with Crippen molar-refractivity contribution in [2.24, 2.45) is 0 Å². The molecule has 0 bridgehead atoms. The molecule has 14 heteroatoms. The van der Waals surface area contributed by atoms with E-state index in [0.717, 1.165) is 101 Å². The van der Waals surface area contributed by atoms with Crippen molar-refractivity contribution in [3.8, 4) is 28.7 Å². The second-order valence-electron chi connectivity index (χ2n) is 16.3. The van der Waals surface area contributed by atoms with E-state index in [1.165, 1.54) is 0 Å². The maximum Gasteiger partial charge on any atom is 0.387 e. The first-order valence-electron chi connectivity index (χ1n) is 22.1. The fraction of sp³-hybridized carbons (Fsp3) is 0.250. The maximum absolute atomic E-state index is 12.8. The number of benzene rings is 5. The lowest BCUT2D eigenvalue weighted by molar-refractivity contribution is -0.117. The summed E-state index contributed by atoms with van der Waals surface area (Å²) >= 11 is 0. The predicted molar refractivity (Wildman–Crippen MR) is 252 cm³/mol. The van der Waals surface area contributed by atoms with E-state index in [1.807, 2.05) is 95.4 Å². The number of para-hydroxylation sites is 1. The molecule has 66 heavy (non-hydrogen) atoms. The molecule has 1 atom stereocenters. The smallest absolute Gasteiger partial charge is 0.387 e. The number of rotatable bonds is 12. The Kier molecular flexibility index (Phi) is 13.0. The zero-order valence-corrected chi connectivity index (χ0v) is 36.8. The molecule has 2 fully saturated rings. The van der Waals surface area contributed by atoms with Gasteiger partial charge in [0.15, 0.2) is 0 Å². The van der Waals surface area contributed by atoms with Gasteiger partial charge in [-0.15, -0.1) is 0 Å². The van der Waals surface area contributed by atoms with Crippen molar-refractivity contribution < 1.29 is 23.0 Å². The molecular formula is C52H49F2N9O3. The summed E-state index contributed by atoms with van der Waals surface area (Å²) < 4.78 is 40.7. The molecule has 334 valence electrons. The van der Waals surface area contributed by atoms with Crippen LogP contribution in [0.2, 0.25) is 0 Å². The average Bonchev–Trinajstić information content (AvgIpc) is 4.05. The highest BCUT2D eigenvalue weighted by molar-refractivity contribution is 5.95. The van der Waals surface area contributed by atoms with E-state index in [0.29, 0.717) is 29.8 Å². The summed E-state index contributed by atoms with van der Waals surface area (Å²) in [7, 11) is 0. The second-order valence-corrected chi connectivity index (χ2v) is 16.3. The Morgan fingerprint density at radius 1 is 0.818 bits per heavy atom. The molecule has 8 aromatic rings. The molecule has 2 aliphatic heterocycles. The molecule has 2 aliphatic rings. The molecule has 2 saturated heterocycles. The van der Waals surface area contributed by atoms with Gasteiger partial charge in [0.25, 0.3) is 0 Å². The number of piperazine rings is 1. The lowest BCUT2D eigenvalue weighted by Crippen LogP contribution is -2.43. The summed E-state index contributed by atoms with van der Waals surface area (Å²) in [6, 6.07) is 42.8. The van der Waals surface area contributed by atoms with E-state index >= 15 is 0 Å². The Morgan fingerprint density at radius 3 is 2.35 bits per heavy atom. The van der Waals surface area contributed by atoms with Crippen LogP contribution in [0.1, 0.15) is 54.1 Å². The summed E-state index contributed by atoms with van der Waals surface area (Å²) in [5.41, 5.74) is 8.84. The van der Waals surface area contributed by atoms with Crippen LogP contribution in [0.15, 0.2) is 134 Å². The quantitative estimate of drug-likeness (QED) is 0.128. The number of carbonyl (C=O) groups is 1. The largest absolute Gasteiger partial charge is 0.486 e. The van der Waals surface area contributed by atoms with Crippen molar-refractivity contribution in [2.75, 3.05) is 42.5 Å². The van der Waals surface area contributed by atoms with Crippen LogP contribution in [0.4, 0.5) is 20.3 Å². The van der Waals surface area contributed by atoms with Crippen LogP contribution in [0, 0.1) is 18.3 Å². The molecule has 0 aliphatic carbocycles. The van der Waals surface area contributed by atoms with Crippen molar-refractivity contribution in [1.82, 2.24) is 29.4 Å². The van der Waals surface area contributed by atoms with Gasteiger partial charge in [-0.05, 0) is 92.1 Å². The molecular weight excluding hydrogens is 837 g/mol. The SMILES string of the molecule is C[C@@H](c1ccccc1)n1c(COc2cccc(N3CCCC3=O)c2)nc2ccc(C#N)cc21.Cc1nc2ccc(-c3ccc(N4CCNCC4)nc3)cc2n1Cc1ccccc1OC(F)F. The first kappa shape index (κ1) is 43.6. The highest BCUT2D eigenvalue weighted by atomic mass is 19.3. The number of aryl methyl sites for hydroxylation is 1. The first-order chi connectivity index (χ1) is 32.2. The van der Waals surface area contributed by atoms with Crippen LogP contribution in [-0.2, 0) is 17.9 Å². The predicted octanol–water partition coefficient (Wildman–Crippen LogP) is 9.69. The average molecular weight is 886 g/mol. The minimum Gasteiger partial charge on any atom is -0.486 e. The molecule has 1 amide bonds. The highest BCUT2D eigenvalue weighted by Crippen LogP contribution is 2.31. The van der Waals surface area contributed by atoms with E-state index in [-0.39, 0.29) is 24.3 Å². The Morgan fingerprint density at radius 2 is 1.59 bits per heavy atom. The second kappa shape index (κ2) is 19.6. The van der Waals surface area contributed by atoms with Gasteiger partial charge < -0.3 is 33.7 Å². The zero-order chi connectivity index (χ0) is 45.6. The molecule has 0 saturated carbocycles. The van der Waals surface area contributed by atoms with Crippen molar-refractivity contribution >= 4 is 39.5 Å². The summed E-state index contributed by atoms with van der Waals surface area (Å²) in [5, 5.41) is 12.8. The molecule has 3 aromatic heterocycles. The minimum atomic E-state index is -2.87. The third kappa shape index (κ3) is 9.57. The van der Waals surface area contributed by atoms with E-state index < -0.39 is 6.61 Å². The van der Waals surface area contributed by atoms with Gasteiger partial charge in [-0.1, -0.05) is 60.7 Å². The molecule has 5 heterocycles. The molecule has 0 spiro atoms. The van der Waals surface area contributed by atoms with Crippen LogP contribution in [-0.4, -0.2) is 69.3 Å². The van der Waals surface area contributed by atoms with Crippen LogP contribution in [0.5, 0.6) is 11.5 Å². The van der Waals surface area contributed by atoms with Crippen molar-refractivity contribution in [3.63, 3.8) is 0 Å². The van der Waals surface area contributed by atoms with Crippen LogP contribution in [0.3, 0.4) is 0 Å². The number of fused-ring (bicyclic) bond motifs is 2. The summed E-state index contributed by atoms with van der Waals surface area (Å²) in [4.78, 5) is 30.4. The van der Waals surface area contributed by atoms with E-state index in [1.54, 1.807) is 24.3 Å². The van der Waals surface area contributed by atoms with Gasteiger partial charge in [-0.3, -0.25) is 4.79 Å². The standard InChI is InChI=1S/C27H24N4O2.C25H25F2N5O/c1-19(21-7-3-2-4-8-21)31-25-15-20(17-28)12-13-24(25)29-26(31)18-33-23-10-5-9-22(16-23)30-14-6-11-27(30)32;1-17-30-21-8-6-18(19-7-9-24(29-15-19)31-12-10-28-11-13-31)14-22(21)32(17)16-20-4-2-3-5-23(20)33-25(26)27/h2-5,7-10,12-13,15-16,19H,6,11,14,18H2,1H3;2-9,14-15,25,28H,10-13,16H2,1H3/t19-;/m0./s1. The maximum atomic E-state index is 12.8. The third-order valence-corrected chi connectivity index (χ3v) is 12.1. The molecule has 0 radical (unpaired) electrons. The molecule has 0 unspecified atom stereocenters. The van der Waals surface area contributed by atoms with Crippen LogP contribution in [0.25, 0.3) is 33.2 Å². The Hall–Kier alpha value is -7.63. The van der Waals surface area contributed by atoms with Crippen molar-refractivity contribution in [1.29, 1.82) is 5.26 Å². The lowest BCUT2D eigenvalue weighted by Gasteiger charge is -2.28. The number of nitriles is 1. The highest BCUT2D eigenvalue weighted by Gasteiger charge is 2.23. The van der Waals surface area contributed by atoms with Gasteiger partial charge in [0.2, 0.25) is 5.91 Å². The number of hydrogen-bond donors (Lipinski definition) is 1. The summed E-state index contributed by atoms with van der Waals surface area (Å²) in [6.45, 7) is 6.41. The van der Waals surface area contributed by atoms with Crippen LogP contribution < -0.4 is 24.6 Å². The number of nitrogens with zero attached hydrogens (tertiary/aromatic N) is 8. The van der Waals surface area contributed by atoms with Crippen LogP contribution >= 0.6 is 0 Å². The van der Waals surface area contributed by atoms with E-state index in [9.17, 15) is 18.8 Å². The van der Waals surface area contributed by atoms with Gasteiger partial charge in [-0.2, -0.15) is 14.0 Å². The fourth-order valence-corrected chi connectivity index (χ4v) is 8.71. The number of anilines is 2. The molecule has 10 rings (SSSR count). The van der Waals surface area contributed by atoms with Crippen molar-refractivity contribution in [2.45, 2.75) is 52.5 Å². The third-order valence-electron chi connectivity index (χ3n) is 12.1. The number of carbonyl (C=O) groups excluding carboxylic acids is 1. The number of hydrogen-bond acceptors (Lipinski definition) is 9. The number of imidazole rings is 2. The minimum absolute atomic E-state index is 0.0114. The molecule has 1 N–H and O–H groups in total. The normalized spacial score (nSPS) is 14.3. The van der Waals surface area contributed by atoms with Gasteiger partial charge in [-0.25, -0.2) is 15.0 Å². The summed E-state index contributed by atoms with van der Waals surface area (Å²) in [5.74, 6) is 3.59. The lowest BCUT2D eigenvalue weighted by atomic mass is 10.1. The van der Waals surface area contributed by atoms with E-state index in [2.05, 4.69) is 68.1 Å². The number of alkyl halides is 2. The zero-order valence-electron chi connectivity index (χ0n) is 36.8.